The second-order valence-corrected chi connectivity index (χ2v) is 7.42. The van der Waals surface area contributed by atoms with Gasteiger partial charge in [-0.3, -0.25) is 0 Å². The van der Waals surface area contributed by atoms with E-state index in [1.54, 1.807) is 0 Å². The second-order valence-electron chi connectivity index (χ2n) is 5.16. The van der Waals surface area contributed by atoms with Crippen LogP contribution in [0.15, 0.2) is 24.3 Å². The van der Waals surface area contributed by atoms with Gasteiger partial charge in [-0.1, -0.05) is 31.2 Å². The van der Waals surface area contributed by atoms with Gasteiger partial charge in [0.05, 0.1) is 0 Å². The third-order valence-corrected chi connectivity index (χ3v) is 4.32. The molecule has 3 nitrogen and oxygen atoms in total. The summed E-state index contributed by atoms with van der Waals surface area (Å²) in [4.78, 5) is 0. The minimum atomic E-state index is -2.84. The van der Waals surface area contributed by atoms with E-state index in [4.69, 9.17) is 0 Å². The minimum absolute atomic E-state index is 0.280. The Morgan fingerprint density at radius 2 is 1.95 bits per heavy atom. The predicted octanol–water partition coefficient (Wildman–Crippen LogP) is 2.34. The molecule has 108 valence electrons. The molecule has 0 saturated heterocycles. The second kappa shape index (κ2) is 7.65. The van der Waals surface area contributed by atoms with Crippen LogP contribution in [0.1, 0.15) is 30.9 Å². The molecule has 1 aromatic carbocycles. The van der Waals surface area contributed by atoms with Gasteiger partial charge in [0, 0.05) is 18.1 Å². The lowest BCUT2D eigenvalue weighted by Crippen LogP contribution is -2.31. The largest absolute Gasteiger partial charge is 0.314 e. The van der Waals surface area contributed by atoms with Gasteiger partial charge >= 0.3 is 0 Å². The van der Waals surface area contributed by atoms with E-state index in [2.05, 4.69) is 37.4 Å². The number of likely N-dealkylation sites (N-methyl/N-ethyl adjacent to an activating group) is 1. The fourth-order valence-electron chi connectivity index (χ4n) is 2.26. The van der Waals surface area contributed by atoms with Crippen LogP contribution in [0.2, 0.25) is 0 Å². The highest BCUT2D eigenvalue weighted by Gasteiger charge is 2.11. The Hall–Kier alpha value is -0.870. The summed E-state index contributed by atoms with van der Waals surface area (Å²) >= 11 is 0. The molecule has 0 heterocycles. The number of rotatable bonds is 8. The summed E-state index contributed by atoms with van der Waals surface area (Å²) in [5.74, 6) is 0.280. The van der Waals surface area contributed by atoms with Crippen LogP contribution in [-0.4, -0.2) is 33.0 Å². The van der Waals surface area contributed by atoms with E-state index < -0.39 is 9.84 Å². The Morgan fingerprint density at radius 3 is 2.53 bits per heavy atom. The van der Waals surface area contributed by atoms with E-state index in [9.17, 15) is 8.42 Å². The minimum Gasteiger partial charge on any atom is -0.314 e. The lowest BCUT2D eigenvalue weighted by atomic mass is 9.98. The van der Waals surface area contributed by atoms with Crippen molar-refractivity contribution in [3.05, 3.63) is 35.4 Å². The van der Waals surface area contributed by atoms with Gasteiger partial charge in [-0.05, 0) is 43.9 Å². The smallest absolute Gasteiger partial charge is 0.147 e. The number of nitrogens with one attached hydrogen (secondary N) is 1. The van der Waals surface area contributed by atoms with Gasteiger partial charge in [0.2, 0.25) is 0 Å². The number of benzene rings is 1. The van der Waals surface area contributed by atoms with Gasteiger partial charge in [0.1, 0.15) is 9.84 Å². The average Bonchev–Trinajstić information content (AvgIpc) is 2.30. The van der Waals surface area contributed by atoms with Crippen LogP contribution in [0.25, 0.3) is 0 Å². The quantitative estimate of drug-likeness (QED) is 0.796. The molecule has 0 radical (unpaired) electrons. The standard InChI is InChI=1S/C15H25NO2S/c1-4-16-15(10-7-11-19(3,17)18)12-14-9-6-5-8-13(14)2/h5-6,8-9,15-16H,4,7,10-12H2,1-3H3. The molecule has 0 aliphatic rings. The molecule has 1 rings (SSSR count). The summed E-state index contributed by atoms with van der Waals surface area (Å²) < 4.78 is 22.3. The molecule has 0 aliphatic carbocycles. The Bertz CT molecular complexity index is 483. The van der Waals surface area contributed by atoms with Gasteiger partial charge in [0.25, 0.3) is 0 Å². The monoisotopic (exact) mass is 283 g/mol. The highest BCUT2D eigenvalue weighted by molar-refractivity contribution is 7.90. The van der Waals surface area contributed by atoms with E-state index in [-0.39, 0.29) is 5.75 Å². The molecule has 1 atom stereocenters. The summed E-state index contributed by atoms with van der Waals surface area (Å²) in [6, 6.07) is 8.73. The maximum Gasteiger partial charge on any atom is 0.147 e. The van der Waals surface area contributed by atoms with Crippen molar-refractivity contribution in [2.45, 2.75) is 39.2 Å². The number of sulfone groups is 1. The molecular formula is C15H25NO2S. The van der Waals surface area contributed by atoms with Crippen molar-refractivity contribution in [2.75, 3.05) is 18.6 Å². The van der Waals surface area contributed by atoms with Crippen LogP contribution in [0.3, 0.4) is 0 Å². The zero-order valence-electron chi connectivity index (χ0n) is 12.1. The van der Waals surface area contributed by atoms with Crippen molar-refractivity contribution in [2.24, 2.45) is 0 Å². The van der Waals surface area contributed by atoms with Crippen LogP contribution in [0.4, 0.5) is 0 Å². The van der Waals surface area contributed by atoms with Crippen LogP contribution in [0, 0.1) is 6.92 Å². The lowest BCUT2D eigenvalue weighted by Gasteiger charge is -2.19. The highest BCUT2D eigenvalue weighted by atomic mass is 32.2. The fraction of sp³-hybridized carbons (Fsp3) is 0.600. The Kier molecular flexibility index (Phi) is 6.52. The van der Waals surface area contributed by atoms with Gasteiger partial charge in [0.15, 0.2) is 0 Å². The highest BCUT2D eigenvalue weighted by Crippen LogP contribution is 2.12. The van der Waals surface area contributed by atoms with Crippen LogP contribution < -0.4 is 5.32 Å². The van der Waals surface area contributed by atoms with E-state index >= 15 is 0 Å². The Labute approximate surface area is 117 Å². The summed E-state index contributed by atoms with van der Waals surface area (Å²) in [5, 5.41) is 3.45. The van der Waals surface area contributed by atoms with E-state index in [0.29, 0.717) is 6.04 Å². The summed E-state index contributed by atoms with van der Waals surface area (Å²) in [6.45, 7) is 5.12. The van der Waals surface area contributed by atoms with Crippen molar-refractivity contribution < 1.29 is 8.42 Å². The first-order valence-electron chi connectivity index (χ1n) is 6.88. The van der Waals surface area contributed by atoms with Crippen molar-refractivity contribution in [1.29, 1.82) is 0 Å². The maximum absolute atomic E-state index is 11.2. The summed E-state index contributed by atoms with van der Waals surface area (Å²) in [6.07, 6.45) is 3.89. The molecular weight excluding hydrogens is 258 g/mol. The van der Waals surface area contributed by atoms with Crippen LogP contribution >= 0.6 is 0 Å². The topological polar surface area (TPSA) is 46.2 Å². The molecule has 0 saturated carbocycles. The molecule has 4 heteroatoms. The van der Waals surface area contributed by atoms with Crippen molar-refractivity contribution in [1.82, 2.24) is 5.32 Å². The zero-order chi connectivity index (χ0) is 14.3. The van der Waals surface area contributed by atoms with Gasteiger partial charge < -0.3 is 5.32 Å². The molecule has 0 aromatic heterocycles. The fourth-order valence-corrected chi connectivity index (χ4v) is 2.95. The lowest BCUT2D eigenvalue weighted by molar-refractivity contribution is 0.484. The Morgan fingerprint density at radius 1 is 1.26 bits per heavy atom. The molecule has 0 fully saturated rings. The molecule has 1 N–H and O–H groups in total. The molecule has 19 heavy (non-hydrogen) atoms. The van der Waals surface area contributed by atoms with Gasteiger partial charge in [-0.2, -0.15) is 0 Å². The molecule has 1 unspecified atom stereocenters. The summed E-state index contributed by atoms with van der Waals surface area (Å²) in [5.41, 5.74) is 2.64. The van der Waals surface area contributed by atoms with Crippen molar-refractivity contribution in [3.63, 3.8) is 0 Å². The van der Waals surface area contributed by atoms with Crippen molar-refractivity contribution >= 4 is 9.84 Å². The van der Waals surface area contributed by atoms with Gasteiger partial charge in [-0.15, -0.1) is 0 Å². The molecule has 0 spiro atoms. The number of hydrogen-bond acceptors (Lipinski definition) is 3. The molecule has 0 bridgehead atoms. The first kappa shape index (κ1) is 16.2. The normalized spacial score (nSPS) is 13.4. The van der Waals surface area contributed by atoms with Crippen LogP contribution in [-0.2, 0) is 16.3 Å². The average molecular weight is 283 g/mol. The maximum atomic E-state index is 11.2. The molecule has 0 amide bonds. The van der Waals surface area contributed by atoms with E-state index in [1.165, 1.54) is 17.4 Å². The first-order chi connectivity index (χ1) is 8.92. The zero-order valence-corrected chi connectivity index (χ0v) is 13.0. The predicted molar refractivity (Wildman–Crippen MR) is 81.3 cm³/mol. The third kappa shape index (κ3) is 6.73. The van der Waals surface area contributed by atoms with E-state index in [1.807, 2.05) is 6.07 Å². The molecule has 1 aromatic rings. The number of hydrogen-bond donors (Lipinski definition) is 1. The van der Waals surface area contributed by atoms with Crippen LogP contribution in [0.5, 0.6) is 0 Å². The third-order valence-electron chi connectivity index (χ3n) is 3.29. The summed E-state index contributed by atoms with van der Waals surface area (Å²) in [7, 11) is -2.84. The molecule has 0 aliphatic heterocycles. The van der Waals surface area contributed by atoms with Gasteiger partial charge in [-0.25, -0.2) is 8.42 Å². The first-order valence-corrected chi connectivity index (χ1v) is 8.94. The number of aryl methyl sites for hydroxylation is 1. The SMILES string of the molecule is CCNC(CCCS(C)(=O)=O)Cc1ccccc1C. The Balaban J connectivity index is 2.55. The van der Waals surface area contributed by atoms with Crippen molar-refractivity contribution in [3.8, 4) is 0 Å². The van der Waals surface area contributed by atoms with E-state index in [0.717, 1.165) is 25.8 Å².